The minimum atomic E-state index is -1.25. The third kappa shape index (κ3) is 4.31. The van der Waals surface area contributed by atoms with Crippen molar-refractivity contribution >= 4 is 35.3 Å². The van der Waals surface area contributed by atoms with Crippen LogP contribution in [-0.2, 0) is 14.4 Å². The maximum absolute atomic E-state index is 14.8. The molecule has 1 saturated heterocycles. The number of imide groups is 2. The second-order valence-electron chi connectivity index (χ2n) is 6.92. The summed E-state index contributed by atoms with van der Waals surface area (Å²) in [6.07, 6.45) is 0.125. The van der Waals surface area contributed by atoms with Crippen LogP contribution in [-0.4, -0.2) is 65.3 Å². The predicted octanol–water partition coefficient (Wildman–Crippen LogP) is 0.818. The second kappa shape index (κ2) is 8.79. The van der Waals surface area contributed by atoms with Crippen molar-refractivity contribution in [1.29, 1.82) is 0 Å². The molecule has 0 spiro atoms. The first kappa shape index (κ1) is 21.7. The zero-order chi connectivity index (χ0) is 22.7. The Hall–Kier alpha value is -3.99. The van der Waals surface area contributed by atoms with E-state index in [0.29, 0.717) is 4.90 Å². The van der Waals surface area contributed by atoms with Gasteiger partial charge in [-0.2, -0.15) is 0 Å². The Morgan fingerprint density at radius 2 is 1.97 bits per heavy atom. The molecule has 1 aromatic rings. The summed E-state index contributed by atoms with van der Waals surface area (Å²) in [5.74, 6) is -5.19. The number of amides is 4. The number of nitrogens with one attached hydrogen (secondary N) is 1. The molecule has 1 aromatic carbocycles. The van der Waals surface area contributed by atoms with E-state index in [1.54, 1.807) is 0 Å². The van der Waals surface area contributed by atoms with Crippen molar-refractivity contribution in [3.8, 4) is 0 Å². The Kier molecular flexibility index (Phi) is 6.16. The van der Waals surface area contributed by atoms with Gasteiger partial charge in [0.05, 0.1) is 16.8 Å². The van der Waals surface area contributed by atoms with E-state index in [1.807, 2.05) is 0 Å². The zero-order valence-corrected chi connectivity index (χ0v) is 16.1. The summed E-state index contributed by atoms with van der Waals surface area (Å²) in [4.78, 5) is 64.7. The molecule has 12 nitrogen and oxygen atoms in total. The van der Waals surface area contributed by atoms with E-state index in [0.717, 1.165) is 17.0 Å². The molecule has 0 aromatic heterocycles. The molecule has 0 aliphatic carbocycles. The van der Waals surface area contributed by atoms with E-state index in [1.165, 1.54) is 0 Å². The highest BCUT2D eigenvalue weighted by molar-refractivity contribution is 6.23. The second-order valence-corrected chi connectivity index (χ2v) is 6.92. The van der Waals surface area contributed by atoms with Gasteiger partial charge >= 0.3 is 5.97 Å². The normalized spacial score (nSPS) is 17.8. The van der Waals surface area contributed by atoms with Gasteiger partial charge in [0, 0.05) is 24.4 Å². The molecule has 0 radical (unpaired) electrons. The first-order valence-electron chi connectivity index (χ1n) is 9.27. The number of carbonyl (C=O) groups is 5. The average Bonchev–Trinajstić information content (AvgIpc) is 2.93. The van der Waals surface area contributed by atoms with Crippen LogP contribution in [0.5, 0.6) is 0 Å². The number of benzene rings is 1. The quantitative estimate of drug-likeness (QED) is 0.201. The van der Waals surface area contributed by atoms with Crippen LogP contribution in [0.15, 0.2) is 17.2 Å². The molecule has 162 valence electrons. The Balaban J connectivity index is 1.92. The summed E-state index contributed by atoms with van der Waals surface area (Å²) in [6, 6.07) is 0.711. The summed E-state index contributed by atoms with van der Waals surface area (Å²) in [7, 11) is 0. The van der Waals surface area contributed by atoms with Crippen LogP contribution in [0.2, 0.25) is 0 Å². The summed E-state index contributed by atoms with van der Waals surface area (Å²) in [5, 5.41) is 14.5. The van der Waals surface area contributed by atoms with Crippen LogP contribution < -0.4 is 10.2 Å². The van der Waals surface area contributed by atoms with Gasteiger partial charge in [-0.1, -0.05) is 5.11 Å². The van der Waals surface area contributed by atoms with Gasteiger partial charge in [-0.25, -0.2) is 4.39 Å². The van der Waals surface area contributed by atoms with Gasteiger partial charge in [0.1, 0.15) is 18.4 Å². The number of azide groups is 1. The van der Waals surface area contributed by atoms with Crippen molar-refractivity contribution in [3.05, 3.63) is 39.5 Å². The lowest BCUT2D eigenvalue weighted by molar-refractivity contribution is -0.137. The largest absolute Gasteiger partial charge is 0.480 e. The minimum Gasteiger partial charge on any atom is -0.480 e. The number of piperidine rings is 1. The minimum absolute atomic E-state index is 0.0139. The lowest BCUT2D eigenvalue weighted by Crippen LogP contribution is -2.54. The van der Waals surface area contributed by atoms with E-state index in [4.69, 9.17) is 10.6 Å². The molecule has 0 bridgehead atoms. The first-order chi connectivity index (χ1) is 14.7. The third-order valence-electron chi connectivity index (χ3n) is 4.92. The lowest BCUT2D eigenvalue weighted by Gasteiger charge is -2.27. The van der Waals surface area contributed by atoms with Crippen LogP contribution in [0.4, 0.5) is 10.1 Å². The van der Waals surface area contributed by atoms with Gasteiger partial charge in [-0.05, 0) is 30.5 Å². The van der Waals surface area contributed by atoms with E-state index < -0.39 is 48.0 Å². The van der Waals surface area contributed by atoms with E-state index >= 15 is 0 Å². The van der Waals surface area contributed by atoms with E-state index in [-0.39, 0.29) is 49.2 Å². The standard InChI is InChI=1S/C18H17FN6O6/c19-11-6-9-10(7-13(11)24(8-15(27)28)5-1-4-21-23-20)18(31)25(17(9)30)12-2-3-14(26)22-16(12)29/h6-7,12H,1-5,8H2,(H,27,28)(H,22,26,29). The monoisotopic (exact) mass is 432 g/mol. The Bertz CT molecular complexity index is 1040. The highest BCUT2D eigenvalue weighted by Crippen LogP contribution is 2.32. The van der Waals surface area contributed by atoms with Gasteiger partial charge in [-0.3, -0.25) is 34.2 Å². The molecule has 2 heterocycles. The molecule has 2 aliphatic rings. The number of rotatable bonds is 8. The third-order valence-corrected chi connectivity index (χ3v) is 4.92. The number of hydrogen-bond donors (Lipinski definition) is 2. The van der Waals surface area contributed by atoms with Crippen LogP contribution >= 0.6 is 0 Å². The van der Waals surface area contributed by atoms with E-state index in [9.17, 15) is 28.4 Å². The topological polar surface area (TPSA) is 173 Å². The molecule has 2 N–H and O–H groups in total. The summed E-state index contributed by atoms with van der Waals surface area (Å²) in [5.41, 5.74) is 7.70. The highest BCUT2D eigenvalue weighted by atomic mass is 19.1. The number of fused-ring (bicyclic) bond motifs is 1. The fourth-order valence-electron chi connectivity index (χ4n) is 3.55. The number of carbonyl (C=O) groups excluding carboxylic acids is 4. The number of carboxylic acids is 1. The number of aliphatic carboxylic acids is 1. The fourth-order valence-corrected chi connectivity index (χ4v) is 3.55. The molecule has 13 heteroatoms. The number of hydrogen-bond acceptors (Lipinski definition) is 7. The van der Waals surface area contributed by atoms with Gasteiger partial charge in [0.25, 0.3) is 11.8 Å². The molecular formula is C18H17FN6O6. The van der Waals surface area contributed by atoms with Gasteiger partial charge in [0.15, 0.2) is 0 Å². The van der Waals surface area contributed by atoms with Crippen molar-refractivity contribution in [3.63, 3.8) is 0 Å². The van der Waals surface area contributed by atoms with Crippen molar-refractivity contribution in [1.82, 2.24) is 10.2 Å². The summed E-state index contributed by atoms with van der Waals surface area (Å²) < 4.78 is 14.8. The molecule has 2 aliphatic heterocycles. The summed E-state index contributed by atoms with van der Waals surface area (Å²) in [6.45, 7) is -0.523. The molecule has 4 amide bonds. The molecule has 1 unspecified atom stereocenters. The van der Waals surface area contributed by atoms with Gasteiger partial charge in [-0.15, -0.1) is 0 Å². The van der Waals surface area contributed by atoms with E-state index in [2.05, 4.69) is 15.3 Å². The first-order valence-corrected chi connectivity index (χ1v) is 9.27. The van der Waals surface area contributed by atoms with Gasteiger partial charge in [0.2, 0.25) is 11.8 Å². The van der Waals surface area contributed by atoms with Gasteiger partial charge < -0.3 is 10.0 Å². The number of anilines is 1. The number of carboxylic acid groups (broad SMARTS) is 1. The molecule has 3 rings (SSSR count). The Morgan fingerprint density at radius 1 is 1.29 bits per heavy atom. The van der Waals surface area contributed by atoms with Crippen molar-refractivity contribution in [2.75, 3.05) is 24.5 Å². The van der Waals surface area contributed by atoms with Crippen molar-refractivity contribution in [2.45, 2.75) is 25.3 Å². The Morgan fingerprint density at radius 3 is 2.58 bits per heavy atom. The highest BCUT2D eigenvalue weighted by Gasteiger charge is 2.45. The maximum atomic E-state index is 14.8. The Labute approximate surface area is 174 Å². The number of halogens is 1. The van der Waals surface area contributed by atoms with Crippen LogP contribution in [0.3, 0.4) is 0 Å². The SMILES string of the molecule is [N-]=[N+]=NCCCN(CC(=O)O)c1cc2c(cc1F)C(=O)N(C1CCC(=O)NC1=O)C2=O. The fraction of sp³-hybridized carbons (Fsp3) is 0.389. The van der Waals surface area contributed by atoms with Crippen LogP contribution in [0.1, 0.15) is 40.0 Å². The molecule has 31 heavy (non-hydrogen) atoms. The molecule has 1 fully saturated rings. The average molecular weight is 432 g/mol. The van der Waals surface area contributed by atoms with Crippen LogP contribution in [0.25, 0.3) is 10.4 Å². The van der Waals surface area contributed by atoms with Crippen LogP contribution in [0, 0.1) is 5.82 Å². The maximum Gasteiger partial charge on any atom is 0.323 e. The smallest absolute Gasteiger partial charge is 0.323 e. The molecule has 1 atom stereocenters. The summed E-state index contributed by atoms with van der Waals surface area (Å²) >= 11 is 0. The van der Waals surface area contributed by atoms with Crippen molar-refractivity contribution in [2.24, 2.45) is 5.11 Å². The van der Waals surface area contributed by atoms with Crippen molar-refractivity contribution < 1.29 is 33.5 Å². The molecular weight excluding hydrogens is 415 g/mol. The molecule has 0 saturated carbocycles. The zero-order valence-electron chi connectivity index (χ0n) is 16.1. The lowest BCUT2D eigenvalue weighted by atomic mass is 10.0. The number of nitrogens with zero attached hydrogens (tertiary/aromatic N) is 5. The predicted molar refractivity (Wildman–Crippen MR) is 102 cm³/mol.